The Hall–Kier alpha value is -0.710. The molecule has 3 saturated carbocycles. The molecule has 0 bridgehead atoms. The predicted octanol–water partition coefficient (Wildman–Crippen LogP) is 5.02. The summed E-state index contributed by atoms with van der Waals surface area (Å²) >= 11 is 0. The van der Waals surface area contributed by atoms with Gasteiger partial charge in [0.1, 0.15) is 6.10 Å². The molecule has 4 unspecified atom stereocenters. The molecule has 150 valence electrons. The van der Waals surface area contributed by atoms with E-state index in [9.17, 15) is 13.6 Å². The van der Waals surface area contributed by atoms with Gasteiger partial charge in [0.25, 0.3) is 0 Å². The molecular formula is C21H34F2O3. The molecule has 0 aromatic heterocycles. The lowest BCUT2D eigenvalue weighted by molar-refractivity contribution is -0.168. The van der Waals surface area contributed by atoms with Crippen LogP contribution in [0.15, 0.2) is 0 Å². The summed E-state index contributed by atoms with van der Waals surface area (Å²) in [5.74, 6) is 1.94. The maximum Gasteiger partial charge on any atom is 0.309 e. The molecule has 26 heavy (non-hydrogen) atoms. The number of carbonyl (C=O) groups excluding carboxylic acids is 1. The molecule has 0 amide bonds. The molecular weight excluding hydrogens is 338 g/mol. The number of hydrogen-bond acceptors (Lipinski definition) is 3. The van der Waals surface area contributed by atoms with E-state index < -0.39 is 24.6 Å². The van der Waals surface area contributed by atoms with Crippen molar-refractivity contribution in [2.24, 2.45) is 23.7 Å². The quantitative estimate of drug-likeness (QED) is 0.650. The molecule has 0 heterocycles. The summed E-state index contributed by atoms with van der Waals surface area (Å²) < 4.78 is 38.5. The van der Waals surface area contributed by atoms with Gasteiger partial charge in [-0.25, -0.2) is 8.78 Å². The highest BCUT2D eigenvalue weighted by Crippen LogP contribution is 2.41. The van der Waals surface area contributed by atoms with Crippen molar-refractivity contribution in [1.29, 1.82) is 0 Å². The Morgan fingerprint density at radius 1 is 0.769 bits per heavy atom. The van der Waals surface area contributed by atoms with E-state index in [4.69, 9.17) is 9.47 Å². The second-order valence-electron chi connectivity index (χ2n) is 8.85. The van der Waals surface area contributed by atoms with Crippen LogP contribution in [0.1, 0.15) is 71.1 Å². The van der Waals surface area contributed by atoms with Gasteiger partial charge in [-0.2, -0.15) is 0 Å². The summed E-state index contributed by atoms with van der Waals surface area (Å²) in [5, 5.41) is 0. The topological polar surface area (TPSA) is 35.5 Å². The Labute approximate surface area is 156 Å². The van der Waals surface area contributed by atoms with Crippen molar-refractivity contribution in [2.75, 3.05) is 7.11 Å². The fourth-order valence-electron chi connectivity index (χ4n) is 5.26. The minimum atomic E-state index is -1.78. The van der Waals surface area contributed by atoms with Crippen molar-refractivity contribution in [3.8, 4) is 0 Å². The van der Waals surface area contributed by atoms with Crippen LogP contribution in [0.25, 0.3) is 0 Å². The molecule has 3 aliphatic carbocycles. The number of halogens is 2. The molecule has 5 heteroatoms. The molecule has 0 aromatic carbocycles. The summed E-state index contributed by atoms with van der Waals surface area (Å²) in [7, 11) is 1.39. The minimum Gasteiger partial charge on any atom is -0.459 e. The highest BCUT2D eigenvalue weighted by molar-refractivity contribution is 5.72. The molecule has 3 aliphatic rings. The van der Waals surface area contributed by atoms with E-state index in [1.165, 1.54) is 32.8 Å². The second-order valence-corrected chi connectivity index (χ2v) is 8.85. The molecule has 3 fully saturated rings. The summed E-state index contributed by atoms with van der Waals surface area (Å²) in [5.41, 5.74) is 0. The van der Waals surface area contributed by atoms with Gasteiger partial charge in [-0.15, -0.1) is 0 Å². The van der Waals surface area contributed by atoms with E-state index in [2.05, 4.69) is 6.92 Å². The average molecular weight is 372 g/mol. The number of hydrogen-bond donors (Lipinski definition) is 0. The lowest BCUT2D eigenvalue weighted by Gasteiger charge is -2.37. The summed E-state index contributed by atoms with van der Waals surface area (Å²) in [6.45, 7) is 2.34. The molecule has 0 aliphatic heterocycles. The fourth-order valence-corrected chi connectivity index (χ4v) is 5.26. The Balaban J connectivity index is 1.44. The van der Waals surface area contributed by atoms with Crippen LogP contribution in [0.3, 0.4) is 0 Å². The Morgan fingerprint density at radius 2 is 1.27 bits per heavy atom. The first kappa shape index (κ1) is 20.0. The molecule has 0 N–H and O–H groups in total. The van der Waals surface area contributed by atoms with Crippen molar-refractivity contribution in [2.45, 2.75) is 95.7 Å². The molecule has 0 aromatic rings. The van der Waals surface area contributed by atoms with Gasteiger partial charge in [0, 0.05) is 7.11 Å². The monoisotopic (exact) mass is 372 g/mol. The largest absolute Gasteiger partial charge is 0.459 e. The predicted molar refractivity (Wildman–Crippen MR) is 96.3 cm³/mol. The molecule has 0 radical (unpaired) electrons. The summed E-state index contributed by atoms with van der Waals surface area (Å²) in [6, 6.07) is 0. The van der Waals surface area contributed by atoms with Crippen molar-refractivity contribution < 1.29 is 23.0 Å². The van der Waals surface area contributed by atoms with Crippen molar-refractivity contribution in [1.82, 2.24) is 0 Å². The number of methoxy groups -OCH3 is 1. The SMILES string of the molecule is COC1CCC(OC(=O)C2CCC(C3CCC(C)CC3)CC2)C(F)C1F. The zero-order chi connectivity index (χ0) is 18.7. The van der Waals surface area contributed by atoms with Gasteiger partial charge in [0.15, 0.2) is 12.3 Å². The Bertz CT molecular complexity index is 456. The van der Waals surface area contributed by atoms with Crippen molar-refractivity contribution in [3.05, 3.63) is 0 Å². The van der Waals surface area contributed by atoms with E-state index in [0.717, 1.165) is 43.4 Å². The number of carbonyl (C=O) groups is 1. The van der Waals surface area contributed by atoms with Gasteiger partial charge in [0.05, 0.1) is 12.0 Å². The van der Waals surface area contributed by atoms with Crippen LogP contribution in [0.5, 0.6) is 0 Å². The number of ether oxygens (including phenoxy) is 2. The van der Waals surface area contributed by atoms with E-state index in [-0.39, 0.29) is 11.9 Å². The minimum absolute atomic E-state index is 0.140. The maximum atomic E-state index is 14.2. The number of rotatable bonds is 4. The summed E-state index contributed by atoms with van der Waals surface area (Å²) in [6.07, 6.45) is 4.67. The van der Waals surface area contributed by atoms with Gasteiger partial charge in [-0.3, -0.25) is 4.79 Å². The molecule has 4 atom stereocenters. The van der Waals surface area contributed by atoms with Crippen LogP contribution in [-0.4, -0.2) is 37.6 Å². The summed E-state index contributed by atoms with van der Waals surface area (Å²) in [4.78, 5) is 12.5. The average Bonchev–Trinajstić information content (AvgIpc) is 2.66. The van der Waals surface area contributed by atoms with Gasteiger partial charge in [0.2, 0.25) is 0 Å². The number of esters is 1. The second kappa shape index (κ2) is 8.99. The normalized spacial score (nSPS) is 44.5. The van der Waals surface area contributed by atoms with Crippen LogP contribution < -0.4 is 0 Å². The van der Waals surface area contributed by atoms with Crippen LogP contribution in [0.2, 0.25) is 0 Å². The third kappa shape index (κ3) is 4.58. The van der Waals surface area contributed by atoms with Crippen molar-refractivity contribution in [3.63, 3.8) is 0 Å². The maximum absolute atomic E-state index is 14.2. The smallest absolute Gasteiger partial charge is 0.309 e. The van der Waals surface area contributed by atoms with Gasteiger partial charge in [-0.05, 0) is 69.1 Å². The first-order chi connectivity index (χ1) is 12.5. The van der Waals surface area contributed by atoms with Crippen LogP contribution in [-0.2, 0) is 14.3 Å². The Morgan fingerprint density at radius 3 is 1.85 bits per heavy atom. The van der Waals surface area contributed by atoms with E-state index in [0.29, 0.717) is 12.8 Å². The molecule has 3 nitrogen and oxygen atoms in total. The zero-order valence-corrected chi connectivity index (χ0v) is 16.2. The van der Waals surface area contributed by atoms with E-state index >= 15 is 0 Å². The highest BCUT2D eigenvalue weighted by Gasteiger charge is 2.43. The van der Waals surface area contributed by atoms with Gasteiger partial charge >= 0.3 is 5.97 Å². The lowest BCUT2D eigenvalue weighted by Crippen LogP contribution is -2.47. The highest BCUT2D eigenvalue weighted by atomic mass is 19.2. The van der Waals surface area contributed by atoms with E-state index in [1.54, 1.807) is 0 Å². The lowest BCUT2D eigenvalue weighted by atomic mass is 9.69. The zero-order valence-electron chi connectivity index (χ0n) is 16.2. The Kier molecular flexibility index (Phi) is 6.92. The standard InChI is InChI=1S/C21H34F2O3/c1-13-3-5-14(6-4-13)15-7-9-16(10-8-15)21(24)26-18-12-11-17(25-2)19(22)20(18)23/h13-20H,3-12H2,1-2H3. The third-order valence-electron chi connectivity index (χ3n) is 7.15. The molecule has 3 rings (SSSR count). The van der Waals surface area contributed by atoms with Gasteiger partial charge < -0.3 is 9.47 Å². The molecule has 0 spiro atoms. The molecule has 0 saturated heterocycles. The van der Waals surface area contributed by atoms with Crippen LogP contribution in [0, 0.1) is 23.7 Å². The van der Waals surface area contributed by atoms with Gasteiger partial charge in [-0.1, -0.05) is 19.8 Å². The third-order valence-corrected chi connectivity index (χ3v) is 7.15. The van der Waals surface area contributed by atoms with Crippen molar-refractivity contribution >= 4 is 5.97 Å². The fraction of sp³-hybridized carbons (Fsp3) is 0.952. The van der Waals surface area contributed by atoms with Crippen LogP contribution in [0.4, 0.5) is 8.78 Å². The first-order valence-corrected chi connectivity index (χ1v) is 10.5. The van der Waals surface area contributed by atoms with E-state index in [1.807, 2.05) is 0 Å². The number of alkyl halides is 2. The van der Waals surface area contributed by atoms with Crippen LogP contribution >= 0.6 is 0 Å². The first-order valence-electron chi connectivity index (χ1n) is 10.5.